The van der Waals surface area contributed by atoms with E-state index in [1.807, 2.05) is 0 Å². The van der Waals surface area contributed by atoms with Crippen molar-refractivity contribution >= 4 is 46.4 Å². The van der Waals surface area contributed by atoms with E-state index in [9.17, 15) is 24.3 Å². The molecule has 0 aromatic rings. The zero-order valence-corrected chi connectivity index (χ0v) is 16.3. The average Bonchev–Trinajstić information content (AvgIpc) is 2.91. The molecule has 2 unspecified atom stereocenters. The lowest BCUT2D eigenvalue weighted by Crippen LogP contribution is -2.58. The van der Waals surface area contributed by atoms with Gasteiger partial charge in [-0.15, -0.1) is 11.8 Å². The van der Waals surface area contributed by atoms with Crippen molar-refractivity contribution in [2.45, 2.75) is 44.5 Å². The van der Waals surface area contributed by atoms with Gasteiger partial charge in [-0.2, -0.15) is 0 Å². The van der Waals surface area contributed by atoms with Gasteiger partial charge in [-0.25, -0.2) is 4.79 Å². The summed E-state index contributed by atoms with van der Waals surface area (Å²) in [6.45, 7) is 5.75. The third kappa shape index (κ3) is 4.31. The molecule has 140 valence electrons. The van der Waals surface area contributed by atoms with Gasteiger partial charge in [0.25, 0.3) is 0 Å². The number of hydrogen-bond acceptors (Lipinski definition) is 6. The lowest BCUT2D eigenvalue weighted by atomic mass is 9.98. The Bertz CT molecular complexity index is 575. The van der Waals surface area contributed by atoms with Gasteiger partial charge in [0.15, 0.2) is 5.12 Å². The van der Waals surface area contributed by atoms with Gasteiger partial charge in [0.1, 0.15) is 6.04 Å². The molecule has 7 nitrogen and oxygen atoms in total. The first-order valence-corrected chi connectivity index (χ1v) is 10.2. The molecule has 1 spiro atoms. The van der Waals surface area contributed by atoms with E-state index in [2.05, 4.69) is 0 Å². The van der Waals surface area contributed by atoms with Crippen molar-refractivity contribution in [1.82, 2.24) is 9.80 Å². The number of carboxylic acids is 1. The summed E-state index contributed by atoms with van der Waals surface area (Å²) < 4.78 is 0. The molecule has 0 aromatic heterocycles. The fourth-order valence-electron chi connectivity index (χ4n) is 3.31. The van der Waals surface area contributed by atoms with Gasteiger partial charge in [-0.1, -0.05) is 18.7 Å². The number of nitrogens with zero attached hydrogens (tertiary/aromatic N) is 2. The summed E-state index contributed by atoms with van der Waals surface area (Å²) in [7, 11) is 0. The highest BCUT2D eigenvalue weighted by molar-refractivity contribution is 8.13. The molecule has 2 saturated heterocycles. The lowest BCUT2D eigenvalue weighted by molar-refractivity contribution is -0.154. The summed E-state index contributed by atoms with van der Waals surface area (Å²) in [5.41, 5.74) is 0. The zero-order valence-electron chi connectivity index (χ0n) is 14.7. The molecular weight excluding hydrogens is 364 g/mol. The molecule has 0 radical (unpaired) electrons. The number of likely N-dealkylation sites (tertiary alicyclic amines) is 1. The molecule has 2 aliphatic rings. The lowest BCUT2D eigenvalue weighted by Gasteiger charge is -2.45. The van der Waals surface area contributed by atoms with E-state index in [4.69, 9.17) is 0 Å². The van der Waals surface area contributed by atoms with Crippen LogP contribution in [0.3, 0.4) is 0 Å². The van der Waals surface area contributed by atoms with Crippen molar-refractivity contribution in [1.29, 1.82) is 0 Å². The molecule has 2 rings (SSSR count). The Morgan fingerprint density at radius 1 is 1.24 bits per heavy atom. The standard InChI is InChI=1S/C16H24N2O5S2/c1-10(8-24-12(3)20)14(21)18-13(15(22)23)9-25-16(18)4-6-17(7-5-16)11(2)19/h10,13H,4-9H2,1-3H3,(H,22,23). The molecule has 2 aliphatic heterocycles. The first-order valence-electron chi connectivity index (χ1n) is 8.27. The number of carboxylic acid groups (broad SMARTS) is 1. The van der Waals surface area contributed by atoms with Crippen LogP contribution in [0.2, 0.25) is 0 Å². The third-order valence-electron chi connectivity index (χ3n) is 4.73. The Morgan fingerprint density at radius 3 is 2.32 bits per heavy atom. The normalized spacial score (nSPS) is 23.6. The molecule has 2 fully saturated rings. The van der Waals surface area contributed by atoms with Crippen LogP contribution in [-0.4, -0.2) is 73.3 Å². The largest absolute Gasteiger partial charge is 0.480 e. The van der Waals surface area contributed by atoms with Gasteiger partial charge in [0.05, 0.1) is 4.87 Å². The number of aliphatic carboxylic acids is 1. The van der Waals surface area contributed by atoms with E-state index in [1.165, 1.54) is 30.5 Å². The predicted molar refractivity (Wildman–Crippen MR) is 97.2 cm³/mol. The number of thioether (sulfide) groups is 2. The van der Waals surface area contributed by atoms with Gasteiger partial charge >= 0.3 is 5.97 Å². The van der Waals surface area contributed by atoms with Crippen LogP contribution >= 0.6 is 23.5 Å². The van der Waals surface area contributed by atoms with Crippen LogP contribution in [0.4, 0.5) is 0 Å². The minimum atomic E-state index is -1.00. The predicted octanol–water partition coefficient (Wildman–Crippen LogP) is 1.27. The molecular formula is C16H24N2O5S2. The van der Waals surface area contributed by atoms with Gasteiger partial charge < -0.3 is 14.9 Å². The number of carbonyl (C=O) groups excluding carboxylic acids is 3. The van der Waals surface area contributed by atoms with Gasteiger partial charge in [-0.3, -0.25) is 14.4 Å². The van der Waals surface area contributed by atoms with Crippen molar-refractivity contribution in [2.24, 2.45) is 5.92 Å². The van der Waals surface area contributed by atoms with Crippen LogP contribution in [0.1, 0.15) is 33.6 Å². The van der Waals surface area contributed by atoms with Crippen LogP contribution in [0, 0.1) is 5.92 Å². The topological polar surface area (TPSA) is 95.0 Å². The highest BCUT2D eigenvalue weighted by Crippen LogP contribution is 2.47. The zero-order chi connectivity index (χ0) is 18.8. The van der Waals surface area contributed by atoms with Gasteiger partial charge in [0.2, 0.25) is 11.8 Å². The van der Waals surface area contributed by atoms with Crippen LogP contribution < -0.4 is 0 Å². The van der Waals surface area contributed by atoms with Crippen LogP contribution in [0.25, 0.3) is 0 Å². The molecule has 9 heteroatoms. The molecule has 0 aromatic carbocycles. The highest BCUT2D eigenvalue weighted by atomic mass is 32.2. The second-order valence-electron chi connectivity index (χ2n) is 6.53. The highest BCUT2D eigenvalue weighted by Gasteiger charge is 2.53. The second kappa shape index (κ2) is 7.99. The van der Waals surface area contributed by atoms with E-state index in [0.717, 1.165) is 11.8 Å². The van der Waals surface area contributed by atoms with Crippen molar-refractivity contribution in [3.8, 4) is 0 Å². The first kappa shape index (κ1) is 20.1. The smallest absolute Gasteiger partial charge is 0.327 e. The van der Waals surface area contributed by atoms with Gasteiger partial charge in [-0.05, 0) is 12.8 Å². The third-order valence-corrected chi connectivity index (χ3v) is 7.43. The molecule has 0 bridgehead atoms. The minimum absolute atomic E-state index is 0.00302. The Balaban J connectivity index is 2.19. The molecule has 0 saturated carbocycles. The van der Waals surface area contributed by atoms with Crippen molar-refractivity contribution in [3.63, 3.8) is 0 Å². The molecule has 0 aliphatic carbocycles. The Kier molecular flexibility index (Phi) is 6.42. The SMILES string of the molecule is CC(=O)SCC(C)C(=O)N1C(C(=O)O)CSC12CCN(C(C)=O)CC2. The fourth-order valence-corrected chi connectivity index (χ4v) is 5.52. The summed E-state index contributed by atoms with van der Waals surface area (Å²) >= 11 is 2.59. The number of carbonyl (C=O) groups is 4. The summed E-state index contributed by atoms with van der Waals surface area (Å²) in [6, 6.07) is -0.855. The second-order valence-corrected chi connectivity index (χ2v) is 9.11. The van der Waals surface area contributed by atoms with E-state index in [0.29, 0.717) is 37.4 Å². The van der Waals surface area contributed by atoms with Crippen molar-refractivity contribution < 1.29 is 24.3 Å². The first-order chi connectivity index (χ1) is 11.7. The van der Waals surface area contributed by atoms with Crippen LogP contribution in [0.15, 0.2) is 0 Å². The van der Waals surface area contributed by atoms with Crippen molar-refractivity contribution in [2.75, 3.05) is 24.6 Å². The quantitative estimate of drug-likeness (QED) is 0.775. The maximum Gasteiger partial charge on any atom is 0.327 e. The molecule has 1 N–H and O–H groups in total. The van der Waals surface area contributed by atoms with Crippen LogP contribution in [0.5, 0.6) is 0 Å². The van der Waals surface area contributed by atoms with E-state index < -0.39 is 22.8 Å². The molecule has 2 atom stereocenters. The number of hydrogen-bond donors (Lipinski definition) is 1. The summed E-state index contributed by atoms with van der Waals surface area (Å²) in [5.74, 6) is -0.958. The van der Waals surface area contributed by atoms with Crippen LogP contribution in [-0.2, 0) is 19.2 Å². The summed E-state index contributed by atoms with van der Waals surface area (Å²) in [6.07, 6.45) is 1.14. The monoisotopic (exact) mass is 388 g/mol. The fraction of sp³-hybridized carbons (Fsp3) is 0.750. The molecule has 25 heavy (non-hydrogen) atoms. The maximum atomic E-state index is 13.0. The van der Waals surface area contributed by atoms with E-state index in [-0.39, 0.29) is 16.9 Å². The summed E-state index contributed by atoms with van der Waals surface area (Å²) in [5, 5.41) is 9.50. The van der Waals surface area contributed by atoms with Gasteiger partial charge in [0, 0.05) is 44.4 Å². The number of amides is 2. The molecule has 2 heterocycles. The Labute approximate surface area is 155 Å². The minimum Gasteiger partial charge on any atom is -0.480 e. The molecule has 2 amide bonds. The Hall–Kier alpha value is -1.22. The van der Waals surface area contributed by atoms with E-state index >= 15 is 0 Å². The van der Waals surface area contributed by atoms with E-state index in [1.54, 1.807) is 11.8 Å². The number of rotatable bonds is 4. The average molecular weight is 389 g/mol. The Morgan fingerprint density at radius 2 is 1.84 bits per heavy atom. The summed E-state index contributed by atoms with van der Waals surface area (Å²) in [4.78, 5) is 50.1. The maximum absolute atomic E-state index is 13.0. The number of piperidine rings is 1. The van der Waals surface area contributed by atoms with Crippen molar-refractivity contribution in [3.05, 3.63) is 0 Å².